The number of rotatable bonds is 5. The monoisotopic (exact) mass is 335 g/mol. The molecule has 0 unspecified atom stereocenters. The first-order chi connectivity index (χ1) is 11.1. The van der Waals surface area contributed by atoms with Crippen molar-refractivity contribution in [2.45, 2.75) is 38.6 Å². The third-order valence-corrected chi connectivity index (χ3v) is 4.98. The zero-order valence-electron chi connectivity index (χ0n) is 13.3. The maximum atomic E-state index is 12.6. The largest absolute Gasteiger partial charge is 0.381 e. The van der Waals surface area contributed by atoms with Gasteiger partial charge in [-0.05, 0) is 55.0 Å². The summed E-state index contributed by atoms with van der Waals surface area (Å²) in [5.41, 5.74) is 1.03. The van der Waals surface area contributed by atoms with Crippen LogP contribution < -0.4 is 5.32 Å². The minimum Gasteiger partial charge on any atom is -0.381 e. The maximum Gasteiger partial charge on any atom is 0.249 e. The van der Waals surface area contributed by atoms with Crippen LogP contribution in [0.4, 0.5) is 0 Å². The molecule has 1 amide bonds. The SMILES string of the molecule is Cc1noc([C@H](NC(=O)[C@@H](C)c2ccsc2)C2CCOCC2)n1. The molecule has 2 atom stereocenters. The Morgan fingerprint density at radius 2 is 2.22 bits per heavy atom. The van der Waals surface area contributed by atoms with E-state index < -0.39 is 0 Å². The van der Waals surface area contributed by atoms with Crippen molar-refractivity contribution in [1.29, 1.82) is 0 Å². The minimum absolute atomic E-state index is 0.0178. The molecule has 1 N–H and O–H groups in total. The van der Waals surface area contributed by atoms with Crippen LogP contribution in [-0.4, -0.2) is 29.3 Å². The predicted octanol–water partition coefficient (Wildman–Crippen LogP) is 2.83. The number of nitrogens with one attached hydrogen (secondary N) is 1. The molecule has 0 saturated carbocycles. The van der Waals surface area contributed by atoms with Gasteiger partial charge >= 0.3 is 0 Å². The van der Waals surface area contributed by atoms with Gasteiger partial charge in [-0.3, -0.25) is 4.79 Å². The Hall–Kier alpha value is -1.73. The number of hydrogen-bond acceptors (Lipinski definition) is 6. The first-order valence-corrected chi connectivity index (χ1v) is 8.80. The standard InChI is InChI=1S/C16H21N3O3S/c1-10(13-5-8-23-9-13)15(20)18-14(12-3-6-21-7-4-12)16-17-11(2)19-22-16/h5,8-10,12,14H,3-4,6-7H2,1-2H3,(H,18,20)/t10-,14+/m0/s1. The van der Waals surface area contributed by atoms with Crippen LogP contribution >= 0.6 is 11.3 Å². The van der Waals surface area contributed by atoms with Crippen molar-refractivity contribution in [2.75, 3.05) is 13.2 Å². The van der Waals surface area contributed by atoms with E-state index >= 15 is 0 Å². The van der Waals surface area contributed by atoms with Gasteiger partial charge in [0.25, 0.3) is 0 Å². The molecule has 0 aliphatic carbocycles. The van der Waals surface area contributed by atoms with E-state index in [0.717, 1.165) is 18.4 Å². The number of aromatic nitrogens is 2. The number of carbonyl (C=O) groups is 1. The fraction of sp³-hybridized carbons (Fsp3) is 0.562. The van der Waals surface area contributed by atoms with E-state index in [1.54, 1.807) is 18.3 Å². The van der Waals surface area contributed by atoms with Crippen LogP contribution in [0, 0.1) is 12.8 Å². The summed E-state index contributed by atoms with van der Waals surface area (Å²) in [5, 5.41) is 11.0. The summed E-state index contributed by atoms with van der Waals surface area (Å²) < 4.78 is 10.8. The minimum atomic E-state index is -0.256. The fourth-order valence-electron chi connectivity index (χ4n) is 2.82. The number of carbonyl (C=O) groups excluding carboxylic acids is 1. The zero-order chi connectivity index (χ0) is 16.2. The molecule has 124 valence electrons. The van der Waals surface area contributed by atoms with Crippen molar-refractivity contribution in [2.24, 2.45) is 5.92 Å². The van der Waals surface area contributed by atoms with Gasteiger partial charge in [-0.15, -0.1) is 0 Å². The second kappa shape index (κ2) is 7.23. The van der Waals surface area contributed by atoms with Crippen molar-refractivity contribution in [1.82, 2.24) is 15.5 Å². The Labute approximate surface area is 139 Å². The number of thiophene rings is 1. The Morgan fingerprint density at radius 3 is 2.83 bits per heavy atom. The van der Waals surface area contributed by atoms with Crippen LogP contribution in [0.25, 0.3) is 0 Å². The van der Waals surface area contributed by atoms with Gasteiger partial charge in [-0.2, -0.15) is 16.3 Å². The number of ether oxygens (including phenoxy) is 1. The summed E-state index contributed by atoms with van der Waals surface area (Å²) in [5.74, 6) is 1.10. The number of amides is 1. The molecule has 2 aromatic rings. The highest BCUT2D eigenvalue weighted by molar-refractivity contribution is 7.08. The van der Waals surface area contributed by atoms with E-state index in [1.807, 2.05) is 23.8 Å². The van der Waals surface area contributed by atoms with E-state index in [-0.39, 0.29) is 23.8 Å². The zero-order valence-corrected chi connectivity index (χ0v) is 14.1. The second-order valence-corrected chi connectivity index (χ2v) is 6.67. The molecule has 0 radical (unpaired) electrons. The van der Waals surface area contributed by atoms with Gasteiger partial charge < -0.3 is 14.6 Å². The summed E-state index contributed by atoms with van der Waals surface area (Å²) in [6, 6.07) is 1.73. The van der Waals surface area contributed by atoms with E-state index in [1.165, 1.54) is 0 Å². The smallest absolute Gasteiger partial charge is 0.249 e. The van der Waals surface area contributed by atoms with Crippen molar-refractivity contribution in [3.63, 3.8) is 0 Å². The Balaban J connectivity index is 1.76. The van der Waals surface area contributed by atoms with Gasteiger partial charge in [-0.1, -0.05) is 5.16 Å². The third kappa shape index (κ3) is 3.79. The predicted molar refractivity (Wildman–Crippen MR) is 86.2 cm³/mol. The van der Waals surface area contributed by atoms with E-state index in [4.69, 9.17) is 9.26 Å². The molecule has 23 heavy (non-hydrogen) atoms. The summed E-state index contributed by atoms with van der Waals surface area (Å²) >= 11 is 1.59. The quantitative estimate of drug-likeness (QED) is 0.909. The highest BCUT2D eigenvalue weighted by Gasteiger charge is 2.32. The van der Waals surface area contributed by atoms with Crippen LogP contribution in [0.15, 0.2) is 21.3 Å². The van der Waals surface area contributed by atoms with Gasteiger partial charge in [0.2, 0.25) is 11.8 Å². The highest BCUT2D eigenvalue weighted by Crippen LogP contribution is 2.30. The molecule has 3 heterocycles. The highest BCUT2D eigenvalue weighted by atomic mass is 32.1. The van der Waals surface area contributed by atoms with Crippen LogP contribution in [0.2, 0.25) is 0 Å². The molecule has 0 bridgehead atoms. The first kappa shape index (κ1) is 16.1. The molecule has 1 aliphatic heterocycles. The molecule has 1 fully saturated rings. The molecule has 0 spiro atoms. The lowest BCUT2D eigenvalue weighted by molar-refractivity contribution is -0.124. The molecule has 1 aliphatic rings. The van der Waals surface area contributed by atoms with Crippen molar-refractivity contribution in [3.8, 4) is 0 Å². The van der Waals surface area contributed by atoms with Crippen molar-refractivity contribution >= 4 is 17.2 Å². The van der Waals surface area contributed by atoms with Crippen LogP contribution in [0.3, 0.4) is 0 Å². The van der Waals surface area contributed by atoms with E-state index in [2.05, 4.69) is 15.5 Å². The molecular formula is C16H21N3O3S. The van der Waals surface area contributed by atoms with Crippen molar-refractivity contribution in [3.05, 3.63) is 34.1 Å². The lowest BCUT2D eigenvalue weighted by Crippen LogP contribution is -2.38. The Bertz CT molecular complexity index is 635. The fourth-order valence-corrected chi connectivity index (χ4v) is 3.57. The molecule has 3 rings (SSSR count). The molecule has 2 aromatic heterocycles. The molecule has 7 heteroatoms. The Morgan fingerprint density at radius 1 is 1.43 bits per heavy atom. The molecule has 1 saturated heterocycles. The Kier molecular flexibility index (Phi) is 5.07. The lowest BCUT2D eigenvalue weighted by atomic mass is 9.90. The topological polar surface area (TPSA) is 77.2 Å². The maximum absolute atomic E-state index is 12.6. The summed E-state index contributed by atoms with van der Waals surface area (Å²) in [6.45, 7) is 5.09. The third-order valence-electron chi connectivity index (χ3n) is 4.28. The van der Waals surface area contributed by atoms with Gasteiger partial charge in [-0.25, -0.2) is 0 Å². The number of hydrogen-bond donors (Lipinski definition) is 1. The molecule has 6 nitrogen and oxygen atoms in total. The van der Waals surface area contributed by atoms with Crippen molar-refractivity contribution < 1.29 is 14.1 Å². The number of aryl methyl sites for hydroxylation is 1. The van der Waals surface area contributed by atoms with E-state index in [0.29, 0.717) is 24.9 Å². The first-order valence-electron chi connectivity index (χ1n) is 7.85. The van der Waals surface area contributed by atoms with Crippen LogP contribution in [0.1, 0.15) is 49.0 Å². The van der Waals surface area contributed by atoms with Gasteiger partial charge in [0.15, 0.2) is 5.82 Å². The summed E-state index contributed by atoms with van der Waals surface area (Å²) in [6.07, 6.45) is 1.75. The summed E-state index contributed by atoms with van der Waals surface area (Å²) in [4.78, 5) is 17.0. The van der Waals surface area contributed by atoms with Gasteiger partial charge in [0, 0.05) is 13.2 Å². The average Bonchev–Trinajstić information content (AvgIpc) is 3.24. The second-order valence-electron chi connectivity index (χ2n) is 5.89. The molecule has 0 aromatic carbocycles. The summed E-state index contributed by atoms with van der Waals surface area (Å²) in [7, 11) is 0. The van der Waals surface area contributed by atoms with E-state index in [9.17, 15) is 4.79 Å². The molecular weight excluding hydrogens is 314 g/mol. The van der Waals surface area contributed by atoms with Crippen LogP contribution in [-0.2, 0) is 9.53 Å². The average molecular weight is 335 g/mol. The van der Waals surface area contributed by atoms with Gasteiger partial charge in [0.1, 0.15) is 6.04 Å². The normalized spacial score (nSPS) is 18.5. The van der Waals surface area contributed by atoms with Gasteiger partial charge in [0.05, 0.1) is 5.92 Å². The number of nitrogens with zero attached hydrogens (tertiary/aromatic N) is 2. The lowest BCUT2D eigenvalue weighted by Gasteiger charge is -2.29. The van der Waals surface area contributed by atoms with Crippen LogP contribution in [0.5, 0.6) is 0 Å².